The van der Waals surface area contributed by atoms with Crippen LogP contribution in [0.4, 0.5) is 4.39 Å². The van der Waals surface area contributed by atoms with Gasteiger partial charge in [0.15, 0.2) is 0 Å². The molecule has 2 unspecified atom stereocenters. The van der Waals surface area contributed by atoms with Crippen LogP contribution >= 0.6 is 11.6 Å². The molecular weight excluding hydrogens is 227 g/mol. The molecule has 1 fully saturated rings. The van der Waals surface area contributed by atoms with Gasteiger partial charge in [0.05, 0.1) is 12.7 Å². The Labute approximate surface area is 101 Å². The summed E-state index contributed by atoms with van der Waals surface area (Å²) in [5.74, 6) is -0.206. The van der Waals surface area contributed by atoms with E-state index >= 15 is 0 Å². The molecule has 16 heavy (non-hydrogen) atoms. The van der Waals surface area contributed by atoms with Crippen molar-refractivity contribution in [1.82, 2.24) is 0 Å². The first-order chi connectivity index (χ1) is 7.51. The number of hydrogen-bond acceptors (Lipinski definition) is 1. The Morgan fingerprint density at radius 1 is 1.44 bits per heavy atom. The molecule has 0 spiro atoms. The van der Waals surface area contributed by atoms with Gasteiger partial charge in [-0.25, -0.2) is 4.39 Å². The molecule has 1 aromatic carbocycles. The van der Waals surface area contributed by atoms with Crippen molar-refractivity contribution >= 4 is 11.6 Å². The van der Waals surface area contributed by atoms with Gasteiger partial charge in [-0.3, -0.25) is 0 Å². The van der Waals surface area contributed by atoms with Gasteiger partial charge < -0.3 is 4.74 Å². The first-order valence-corrected chi connectivity index (χ1v) is 5.94. The van der Waals surface area contributed by atoms with Gasteiger partial charge in [0, 0.05) is 16.4 Å². The molecule has 1 nitrogen and oxygen atoms in total. The molecule has 0 amide bonds. The molecule has 3 heteroatoms. The summed E-state index contributed by atoms with van der Waals surface area (Å²) in [6.07, 6.45) is 0.984. The predicted octanol–water partition coefficient (Wildman–Crippen LogP) is 3.75. The molecule has 1 saturated carbocycles. The minimum absolute atomic E-state index is 0.00713. The maximum Gasteiger partial charge on any atom is 0.128 e. The Morgan fingerprint density at radius 3 is 2.69 bits per heavy atom. The zero-order valence-corrected chi connectivity index (χ0v) is 10.3. The van der Waals surface area contributed by atoms with Gasteiger partial charge in [-0.15, -0.1) is 11.6 Å². The lowest BCUT2D eigenvalue weighted by Crippen LogP contribution is -2.51. The third-order valence-corrected chi connectivity index (χ3v) is 4.20. The fourth-order valence-electron chi connectivity index (χ4n) is 1.93. The Kier molecular flexibility index (Phi) is 3.22. The molecule has 0 bridgehead atoms. The second kappa shape index (κ2) is 4.34. The quantitative estimate of drug-likeness (QED) is 0.734. The molecule has 0 N–H and O–H groups in total. The fraction of sp³-hybridized carbons (Fsp3) is 0.538. The van der Waals surface area contributed by atoms with E-state index in [1.54, 1.807) is 12.1 Å². The van der Waals surface area contributed by atoms with Gasteiger partial charge in [0.25, 0.3) is 0 Å². The number of alkyl halides is 1. The van der Waals surface area contributed by atoms with E-state index < -0.39 is 0 Å². The monoisotopic (exact) mass is 242 g/mol. The number of rotatable bonds is 3. The summed E-state index contributed by atoms with van der Waals surface area (Å²) in [7, 11) is 0. The van der Waals surface area contributed by atoms with Crippen LogP contribution in [-0.4, -0.2) is 11.5 Å². The van der Waals surface area contributed by atoms with Crippen LogP contribution in [0.25, 0.3) is 0 Å². The molecular formula is C13H16ClFO. The van der Waals surface area contributed by atoms with Crippen LogP contribution in [0.1, 0.15) is 25.8 Å². The highest BCUT2D eigenvalue weighted by Crippen LogP contribution is 2.46. The van der Waals surface area contributed by atoms with E-state index in [4.69, 9.17) is 16.3 Å². The topological polar surface area (TPSA) is 9.23 Å². The highest BCUT2D eigenvalue weighted by molar-refractivity contribution is 6.21. The Balaban J connectivity index is 1.92. The minimum atomic E-state index is -0.206. The zero-order valence-electron chi connectivity index (χ0n) is 9.54. The van der Waals surface area contributed by atoms with Gasteiger partial charge in [0.2, 0.25) is 0 Å². The van der Waals surface area contributed by atoms with Crippen molar-refractivity contribution in [3.8, 4) is 0 Å². The number of halogens is 2. The highest BCUT2D eigenvalue weighted by Gasteiger charge is 2.47. The zero-order chi connectivity index (χ0) is 11.8. The normalized spacial score (nSPS) is 27.5. The van der Waals surface area contributed by atoms with E-state index in [1.807, 2.05) is 6.07 Å². The largest absolute Gasteiger partial charge is 0.373 e. The average molecular weight is 243 g/mol. The van der Waals surface area contributed by atoms with E-state index in [9.17, 15) is 4.39 Å². The SMILES string of the molecule is CC1(C)C(Cl)CC1OCc1ccccc1F. The van der Waals surface area contributed by atoms with Crippen LogP contribution in [0, 0.1) is 11.2 Å². The van der Waals surface area contributed by atoms with Crippen LogP contribution in [-0.2, 0) is 11.3 Å². The molecule has 2 atom stereocenters. The first-order valence-electron chi connectivity index (χ1n) is 5.51. The summed E-state index contributed by atoms with van der Waals surface area (Å²) in [4.78, 5) is 0. The van der Waals surface area contributed by atoms with Crippen LogP contribution in [0.3, 0.4) is 0 Å². The van der Waals surface area contributed by atoms with Crippen molar-refractivity contribution in [3.63, 3.8) is 0 Å². The summed E-state index contributed by atoms with van der Waals surface area (Å²) in [5.41, 5.74) is 0.601. The molecule has 1 aliphatic rings. The van der Waals surface area contributed by atoms with E-state index in [0.717, 1.165) is 6.42 Å². The van der Waals surface area contributed by atoms with Crippen molar-refractivity contribution in [2.45, 2.75) is 38.4 Å². The van der Waals surface area contributed by atoms with Crippen LogP contribution in [0.2, 0.25) is 0 Å². The lowest BCUT2D eigenvalue weighted by Gasteiger charge is -2.48. The van der Waals surface area contributed by atoms with Crippen molar-refractivity contribution in [2.75, 3.05) is 0 Å². The van der Waals surface area contributed by atoms with E-state index in [0.29, 0.717) is 12.2 Å². The summed E-state index contributed by atoms with van der Waals surface area (Å²) in [5, 5.41) is 0.165. The van der Waals surface area contributed by atoms with Gasteiger partial charge >= 0.3 is 0 Å². The third-order valence-electron chi connectivity index (χ3n) is 3.46. The lowest BCUT2D eigenvalue weighted by atomic mass is 9.68. The summed E-state index contributed by atoms with van der Waals surface area (Å²) < 4.78 is 19.0. The van der Waals surface area contributed by atoms with E-state index in [2.05, 4.69) is 13.8 Å². The Morgan fingerprint density at radius 2 is 2.12 bits per heavy atom. The van der Waals surface area contributed by atoms with Crippen molar-refractivity contribution in [2.24, 2.45) is 5.41 Å². The number of benzene rings is 1. The lowest BCUT2D eigenvalue weighted by molar-refractivity contribution is -0.0973. The smallest absolute Gasteiger partial charge is 0.128 e. The highest BCUT2D eigenvalue weighted by atomic mass is 35.5. The third kappa shape index (κ3) is 2.09. The molecule has 0 heterocycles. The fourth-order valence-corrected chi connectivity index (χ4v) is 2.23. The second-order valence-electron chi connectivity index (χ2n) is 4.92. The van der Waals surface area contributed by atoms with Crippen molar-refractivity contribution in [3.05, 3.63) is 35.6 Å². The van der Waals surface area contributed by atoms with Gasteiger partial charge in [-0.2, -0.15) is 0 Å². The maximum absolute atomic E-state index is 13.3. The molecule has 0 radical (unpaired) electrons. The van der Waals surface area contributed by atoms with Crippen LogP contribution < -0.4 is 0 Å². The van der Waals surface area contributed by atoms with E-state index in [1.165, 1.54) is 6.07 Å². The second-order valence-corrected chi connectivity index (χ2v) is 5.44. The molecule has 0 saturated heterocycles. The Hall–Kier alpha value is -0.600. The van der Waals surface area contributed by atoms with Crippen molar-refractivity contribution in [1.29, 1.82) is 0 Å². The molecule has 0 aliphatic heterocycles. The van der Waals surface area contributed by atoms with Gasteiger partial charge in [-0.1, -0.05) is 32.0 Å². The van der Waals surface area contributed by atoms with Crippen LogP contribution in [0.5, 0.6) is 0 Å². The van der Waals surface area contributed by atoms with Crippen LogP contribution in [0.15, 0.2) is 24.3 Å². The molecule has 1 aliphatic carbocycles. The van der Waals surface area contributed by atoms with Crippen molar-refractivity contribution < 1.29 is 9.13 Å². The van der Waals surface area contributed by atoms with Gasteiger partial charge in [0.1, 0.15) is 5.82 Å². The summed E-state index contributed by atoms with van der Waals surface area (Å²) in [6, 6.07) is 6.70. The molecule has 0 aromatic heterocycles. The first kappa shape index (κ1) is 11.9. The Bertz CT molecular complexity index is 378. The summed E-state index contributed by atoms with van der Waals surface area (Å²) in [6.45, 7) is 4.49. The minimum Gasteiger partial charge on any atom is -0.373 e. The predicted molar refractivity (Wildman–Crippen MR) is 63.0 cm³/mol. The maximum atomic E-state index is 13.3. The summed E-state index contributed by atoms with van der Waals surface area (Å²) >= 11 is 6.09. The van der Waals surface area contributed by atoms with E-state index in [-0.39, 0.29) is 22.7 Å². The standard InChI is InChI=1S/C13H16ClFO/c1-13(2)11(14)7-12(13)16-8-9-5-3-4-6-10(9)15/h3-6,11-12H,7-8H2,1-2H3. The van der Waals surface area contributed by atoms with Gasteiger partial charge in [-0.05, 0) is 12.5 Å². The molecule has 1 aromatic rings. The average Bonchev–Trinajstić information content (AvgIpc) is 2.26. The molecule has 88 valence electrons. The molecule has 2 rings (SSSR count). The number of ether oxygens (including phenoxy) is 1. The number of hydrogen-bond donors (Lipinski definition) is 0.